The van der Waals surface area contributed by atoms with E-state index in [0.29, 0.717) is 25.6 Å². The van der Waals surface area contributed by atoms with Crippen molar-refractivity contribution in [2.75, 3.05) is 26.2 Å². The molecule has 0 amide bonds. The Balaban J connectivity index is 1.89. The summed E-state index contributed by atoms with van der Waals surface area (Å²) in [4.78, 5) is 13.1. The van der Waals surface area contributed by atoms with Crippen molar-refractivity contribution in [3.63, 3.8) is 0 Å². The van der Waals surface area contributed by atoms with E-state index in [2.05, 4.69) is 5.32 Å². The summed E-state index contributed by atoms with van der Waals surface area (Å²) in [5, 5.41) is 21.5. The minimum absolute atomic E-state index is 0.0997. The van der Waals surface area contributed by atoms with Gasteiger partial charge in [-0.1, -0.05) is 0 Å². The molecular formula is C11H20N2O3. The molecule has 3 N–H and O–H groups in total. The van der Waals surface area contributed by atoms with Crippen molar-refractivity contribution in [3.8, 4) is 0 Å². The highest BCUT2D eigenvalue weighted by molar-refractivity contribution is 5.70. The van der Waals surface area contributed by atoms with Gasteiger partial charge >= 0.3 is 5.97 Å². The average molecular weight is 228 g/mol. The Labute approximate surface area is 95.4 Å². The van der Waals surface area contributed by atoms with Gasteiger partial charge < -0.3 is 15.5 Å². The van der Waals surface area contributed by atoms with Crippen LogP contribution in [0.1, 0.15) is 19.3 Å². The predicted octanol–water partition coefficient (Wildman–Crippen LogP) is -0.494. The highest BCUT2D eigenvalue weighted by Crippen LogP contribution is 2.23. The first-order valence-corrected chi connectivity index (χ1v) is 6.01. The van der Waals surface area contributed by atoms with Crippen LogP contribution in [0.3, 0.4) is 0 Å². The molecule has 1 heterocycles. The molecular weight excluding hydrogens is 208 g/mol. The summed E-state index contributed by atoms with van der Waals surface area (Å²) in [6, 6.07) is 0.877. The summed E-state index contributed by atoms with van der Waals surface area (Å²) in [6.07, 6.45) is 3.15. The van der Waals surface area contributed by atoms with E-state index < -0.39 is 5.97 Å². The molecule has 0 aromatic heterocycles. The summed E-state index contributed by atoms with van der Waals surface area (Å²) < 4.78 is 0. The van der Waals surface area contributed by atoms with Gasteiger partial charge in [0.15, 0.2) is 0 Å². The average Bonchev–Trinajstić information content (AvgIpc) is 3.01. The van der Waals surface area contributed by atoms with Crippen LogP contribution in [0, 0.1) is 5.92 Å². The zero-order chi connectivity index (χ0) is 11.5. The van der Waals surface area contributed by atoms with Crippen LogP contribution < -0.4 is 5.32 Å². The predicted molar refractivity (Wildman–Crippen MR) is 59.2 cm³/mol. The van der Waals surface area contributed by atoms with Gasteiger partial charge in [0.2, 0.25) is 0 Å². The van der Waals surface area contributed by atoms with Crippen LogP contribution >= 0.6 is 0 Å². The molecule has 2 unspecified atom stereocenters. The Bertz CT molecular complexity index is 256. The number of aliphatic carboxylic acids is 1. The Kier molecular flexibility index (Phi) is 3.78. The van der Waals surface area contributed by atoms with Crippen molar-refractivity contribution in [3.05, 3.63) is 0 Å². The van der Waals surface area contributed by atoms with Gasteiger partial charge in [-0.25, -0.2) is 0 Å². The molecule has 1 aliphatic carbocycles. The molecule has 0 aromatic carbocycles. The van der Waals surface area contributed by atoms with E-state index in [9.17, 15) is 4.79 Å². The molecule has 1 aliphatic heterocycles. The topological polar surface area (TPSA) is 72.8 Å². The van der Waals surface area contributed by atoms with Crippen LogP contribution in [0.15, 0.2) is 0 Å². The number of carboxylic acid groups (broad SMARTS) is 1. The van der Waals surface area contributed by atoms with Crippen LogP contribution in [-0.2, 0) is 4.79 Å². The van der Waals surface area contributed by atoms with Gasteiger partial charge in [-0.3, -0.25) is 9.69 Å². The molecule has 1 saturated heterocycles. The SMILES string of the molecule is O=C(O)C1CC(NC2CC2)CN(CCO)C1. The van der Waals surface area contributed by atoms with E-state index in [1.165, 1.54) is 12.8 Å². The molecule has 0 aromatic rings. The lowest BCUT2D eigenvalue weighted by Gasteiger charge is -2.36. The van der Waals surface area contributed by atoms with Gasteiger partial charge in [0.1, 0.15) is 0 Å². The van der Waals surface area contributed by atoms with Crippen molar-refractivity contribution in [2.24, 2.45) is 5.92 Å². The minimum Gasteiger partial charge on any atom is -0.481 e. The summed E-state index contributed by atoms with van der Waals surface area (Å²) in [7, 11) is 0. The van der Waals surface area contributed by atoms with E-state index in [1.54, 1.807) is 0 Å². The fourth-order valence-corrected chi connectivity index (χ4v) is 2.40. The van der Waals surface area contributed by atoms with Crippen molar-refractivity contribution < 1.29 is 15.0 Å². The van der Waals surface area contributed by atoms with Gasteiger partial charge in [0.05, 0.1) is 12.5 Å². The molecule has 2 atom stereocenters. The van der Waals surface area contributed by atoms with Crippen molar-refractivity contribution in [2.45, 2.75) is 31.3 Å². The zero-order valence-corrected chi connectivity index (χ0v) is 9.43. The molecule has 2 aliphatic rings. The number of carboxylic acids is 1. The van der Waals surface area contributed by atoms with Gasteiger partial charge in [-0.2, -0.15) is 0 Å². The first-order valence-electron chi connectivity index (χ1n) is 6.01. The lowest BCUT2D eigenvalue weighted by atomic mass is 9.94. The van der Waals surface area contributed by atoms with Gasteiger partial charge in [-0.15, -0.1) is 0 Å². The summed E-state index contributed by atoms with van der Waals surface area (Å²) in [5.74, 6) is -1.01. The van der Waals surface area contributed by atoms with E-state index in [1.807, 2.05) is 4.90 Å². The number of carbonyl (C=O) groups is 1. The largest absolute Gasteiger partial charge is 0.481 e. The summed E-state index contributed by atoms with van der Waals surface area (Å²) >= 11 is 0. The Hall–Kier alpha value is -0.650. The number of nitrogens with zero attached hydrogens (tertiary/aromatic N) is 1. The van der Waals surface area contributed by atoms with Gasteiger partial charge in [0.25, 0.3) is 0 Å². The standard InChI is InChI=1S/C11H20N2O3/c14-4-3-13-6-8(11(15)16)5-10(7-13)12-9-1-2-9/h8-10,12,14H,1-7H2,(H,15,16). The number of nitrogens with one attached hydrogen (secondary N) is 1. The van der Waals surface area contributed by atoms with Crippen LogP contribution in [0.4, 0.5) is 0 Å². The third-order valence-corrected chi connectivity index (χ3v) is 3.34. The second kappa shape index (κ2) is 5.12. The number of piperidine rings is 1. The number of hydrogen-bond donors (Lipinski definition) is 3. The number of aliphatic hydroxyl groups is 1. The maximum atomic E-state index is 11.0. The Morgan fingerprint density at radius 3 is 2.62 bits per heavy atom. The molecule has 0 radical (unpaired) electrons. The fourth-order valence-electron chi connectivity index (χ4n) is 2.40. The molecule has 0 bridgehead atoms. The van der Waals surface area contributed by atoms with Gasteiger partial charge in [0, 0.05) is 31.7 Å². The summed E-state index contributed by atoms with van der Waals surface area (Å²) in [6.45, 7) is 2.11. The first-order chi connectivity index (χ1) is 7.69. The lowest BCUT2D eigenvalue weighted by Crippen LogP contribution is -2.52. The molecule has 0 spiro atoms. The van der Waals surface area contributed by atoms with E-state index in [4.69, 9.17) is 10.2 Å². The van der Waals surface area contributed by atoms with E-state index in [0.717, 1.165) is 6.54 Å². The molecule has 16 heavy (non-hydrogen) atoms. The molecule has 2 rings (SSSR count). The van der Waals surface area contributed by atoms with Crippen LogP contribution in [0.2, 0.25) is 0 Å². The molecule has 1 saturated carbocycles. The lowest BCUT2D eigenvalue weighted by molar-refractivity contribution is -0.144. The quantitative estimate of drug-likeness (QED) is 0.592. The molecule has 5 nitrogen and oxygen atoms in total. The number of likely N-dealkylation sites (tertiary alicyclic amines) is 1. The first kappa shape index (κ1) is 11.8. The number of rotatable bonds is 5. The molecule has 92 valence electrons. The zero-order valence-electron chi connectivity index (χ0n) is 9.43. The monoisotopic (exact) mass is 228 g/mol. The third kappa shape index (κ3) is 3.17. The maximum absolute atomic E-state index is 11.0. The van der Waals surface area contributed by atoms with E-state index >= 15 is 0 Å². The highest BCUT2D eigenvalue weighted by atomic mass is 16.4. The van der Waals surface area contributed by atoms with E-state index in [-0.39, 0.29) is 18.6 Å². The second-order valence-corrected chi connectivity index (χ2v) is 4.89. The van der Waals surface area contributed by atoms with Crippen LogP contribution in [0.25, 0.3) is 0 Å². The van der Waals surface area contributed by atoms with Crippen LogP contribution in [0.5, 0.6) is 0 Å². The molecule has 5 heteroatoms. The Morgan fingerprint density at radius 2 is 2.06 bits per heavy atom. The normalized spacial score (nSPS) is 31.6. The Morgan fingerprint density at radius 1 is 1.31 bits per heavy atom. The number of hydrogen-bond acceptors (Lipinski definition) is 4. The number of β-amino-alcohol motifs (C(OH)–C–C–N with tert-alkyl or cyclic N) is 1. The minimum atomic E-state index is -0.717. The summed E-state index contributed by atoms with van der Waals surface area (Å²) in [5.41, 5.74) is 0. The van der Waals surface area contributed by atoms with Crippen LogP contribution in [-0.4, -0.2) is 59.4 Å². The van der Waals surface area contributed by atoms with Crippen molar-refractivity contribution >= 4 is 5.97 Å². The van der Waals surface area contributed by atoms with Crippen molar-refractivity contribution in [1.29, 1.82) is 0 Å². The maximum Gasteiger partial charge on any atom is 0.307 e. The molecule has 2 fully saturated rings. The second-order valence-electron chi connectivity index (χ2n) is 4.89. The number of aliphatic hydroxyl groups excluding tert-OH is 1. The van der Waals surface area contributed by atoms with Gasteiger partial charge in [-0.05, 0) is 19.3 Å². The smallest absolute Gasteiger partial charge is 0.307 e. The fraction of sp³-hybridized carbons (Fsp3) is 0.909. The third-order valence-electron chi connectivity index (χ3n) is 3.34. The van der Waals surface area contributed by atoms with Crippen molar-refractivity contribution in [1.82, 2.24) is 10.2 Å². The highest BCUT2D eigenvalue weighted by Gasteiger charge is 2.34.